The molecule has 6 nitrogen and oxygen atoms in total. The fourth-order valence-electron chi connectivity index (χ4n) is 3.07. The number of carbonyl (C=O) groups excluding carboxylic acids is 1. The van der Waals surface area contributed by atoms with Gasteiger partial charge in [-0.25, -0.2) is 9.07 Å². The van der Waals surface area contributed by atoms with Crippen LogP contribution in [0.25, 0.3) is 11.3 Å². The van der Waals surface area contributed by atoms with Crippen LogP contribution in [-0.2, 0) is 4.79 Å². The molecule has 7 heteroatoms. The number of carbonyl (C=O) groups is 1. The van der Waals surface area contributed by atoms with Crippen LogP contribution >= 0.6 is 0 Å². The molecule has 0 aliphatic heterocycles. The first-order valence-corrected chi connectivity index (χ1v) is 9.99. The van der Waals surface area contributed by atoms with E-state index in [1.54, 1.807) is 49.4 Å². The molecule has 1 amide bonds. The molecule has 0 aliphatic carbocycles. The first-order valence-electron chi connectivity index (χ1n) is 9.99. The fraction of sp³-hybridized carbons (Fsp3) is 0.0800. The van der Waals surface area contributed by atoms with Crippen LogP contribution in [0.1, 0.15) is 13.0 Å². The number of benzene rings is 3. The van der Waals surface area contributed by atoms with Crippen LogP contribution in [0.15, 0.2) is 95.8 Å². The van der Waals surface area contributed by atoms with E-state index >= 15 is 0 Å². The maximum absolute atomic E-state index is 13.2. The van der Waals surface area contributed by atoms with Crippen LogP contribution in [0.3, 0.4) is 0 Å². The summed E-state index contributed by atoms with van der Waals surface area (Å²) in [6.45, 7) is 1.59. The summed E-state index contributed by atoms with van der Waals surface area (Å²) in [5, 5.41) is 7.08. The SMILES string of the molecule is CC(C(=O)Nc1ccc(Oc2ccccc2)cc1)n1nc(-c2ccc(F)cc2)ccc1=O. The lowest BCUT2D eigenvalue weighted by Crippen LogP contribution is -2.33. The first-order chi connectivity index (χ1) is 15.5. The second-order valence-electron chi connectivity index (χ2n) is 7.11. The van der Waals surface area contributed by atoms with Gasteiger partial charge in [-0.15, -0.1) is 0 Å². The highest BCUT2D eigenvalue weighted by atomic mass is 19.1. The predicted octanol–water partition coefficient (Wildman–Crippen LogP) is 5.04. The van der Waals surface area contributed by atoms with Crippen LogP contribution in [0.5, 0.6) is 11.5 Å². The van der Waals surface area contributed by atoms with E-state index in [-0.39, 0.29) is 5.82 Å². The lowest BCUT2D eigenvalue weighted by atomic mass is 10.1. The van der Waals surface area contributed by atoms with E-state index in [9.17, 15) is 14.0 Å². The predicted molar refractivity (Wildman–Crippen MR) is 120 cm³/mol. The van der Waals surface area contributed by atoms with Crippen molar-refractivity contribution in [1.82, 2.24) is 9.78 Å². The quantitative estimate of drug-likeness (QED) is 0.466. The Labute approximate surface area is 183 Å². The summed E-state index contributed by atoms with van der Waals surface area (Å²) in [4.78, 5) is 25.1. The van der Waals surface area contributed by atoms with Crippen molar-refractivity contribution in [2.45, 2.75) is 13.0 Å². The average Bonchev–Trinajstić information content (AvgIpc) is 2.81. The van der Waals surface area contributed by atoms with Gasteiger partial charge in [0.25, 0.3) is 5.56 Å². The molecular formula is C25H20FN3O3. The highest BCUT2D eigenvalue weighted by Crippen LogP contribution is 2.23. The molecule has 3 aromatic carbocycles. The summed E-state index contributed by atoms with van der Waals surface area (Å²) in [5.41, 5.74) is 1.25. The molecule has 4 rings (SSSR count). The standard InChI is InChI=1S/C25H20FN3O3/c1-17(29-24(30)16-15-23(28-29)18-7-9-19(26)10-8-18)25(31)27-20-11-13-22(14-12-20)32-21-5-3-2-4-6-21/h2-17H,1H3,(H,27,31). The summed E-state index contributed by atoms with van der Waals surface area (Å²) >= 11 is 0. The zero-order valence-electron chi connectivity index (χ0n) is 17.2. The van der Waals surface area contributed by atoms with Gasteiger partial charge in [-0.05, 0) is 73.7 Å². The molecule has 1 unspecified atom stereocenters. The zero-order valence-corrected chi connectivity index (χ0v) is 17.2. The van der Waals surface area contributed by atoms with Gasteiger partial charge in [0.2, 0.25) is 5.91 Å². The van der Waals surface area contributed by atoms with Crippen LogP contribution in [0.2, 0.25) is 0 Å². The van der Waals surface area contributed by atoms with Gasteiger partial charge in [0.05, 0.1) is 5.69 Å². The zero-order chi connectivity index (χ0) is 22.5. The molecule has 0 saturated carbocycles. The van der Waals surface area contributed by atoms with Gasteiger partial charge >= 0.3 is 0 Å². The number of halogens is 1. The monoisotopic (exact) mass is 429 g/mol. The Bertz CT molecular complexity index is 1270. The van der Waals surface area contributed by atoms with Crippen LogP contribution in [0.4, 0.5) is 10.1 Å². The van der Waals surface area contributed by atoms with Crippen molar-refractivity contribution in [3.8, 4) is 22.8 Å². The molecule has 0 radical (unpaired) electrons. The third kappa shape index (κ3) is 4.89. The van der Waals surface area contributed by atoms with Crippen LogP contribution in [0, 0.1) is 5.82 Å². The van der Waals surface area contributed by atoms with Crippen molar-refractivity contribution in [2.75, 3.05) is 5.32 Å². The second kappa shape index (κ2) is 9.26. The highest BCUT2D eigenvalue weighted by molar-refractivity contribution is 5.93. The molecule has 1 heterocycles. The van der Waals surface area contributed by atoms with Crippen LogP contribution in [-0.4, -0.2) is 15.7 Å². The molecule has 0 aliphatic rings. The Hall–Kier alpha value is -4.26. The van der Waals surface area contributed by atoms with Gasteiger partial charge in [-0.2, -0.15) is 5.10 Å². The molecule has 4 aromatic rings. The number of ether oxygens (including phenoxy) is 1. The summed E-state index contributed by atoms with van der Waals surface area (Å²) in [6.07, 6.45) is 0. The Morgan fingerprint density at radius 1 is 0.906 bits per heavy atom. The molecule has 1 atom stereocenters. The van der Waals surface area contributed by atoms with Gasteiger partial charge in [-0.3, -0.25) is 9.59 Å². The number of anilines is 1. The van der Waals surface area contributed by atoms with Crippen molar-refractivity contribution in [1.29, 1.82) is 0 Å². The highest BCUT2D eigenvalue weighted by Gasteiger charge is 2.18. The molecule has 1 aromatic heterocycles. The minimum Gasteiger partial charge on any atom is -0.457 e. The number of nitrogens with zero attached hydrogens (tertiary/aromatic N) is 2. The van der Waals surface area contributed by atoms with Gasteiger partial charge in [-0.1, -0.05) is 18.2 Å². The van der Waals surface area contributed by atoms with Gasteiger partial charge in [0.15, 0.2) is 0 Å². The lowest BCUT2D eigenvalue weighted by Gasteiger charge is -2.15. The summed E-state index contributed by atoms with van der Waals surface area (Å²) in [7, 11) is 0. The van der Waals surface area contributed by atoms with Crippen molar-refractivity contribution >= 4 is 11.6 Å². The minimum atomic E-state index is -0.858. The van der Waals surface area contributed by atoms with Gasteiger partial charge in [0, 0.05) is 17.3 Å². The Morgan fingerprint density at radius 3 is 2.25 bits per heavy atom. The molecule has 0 fully saturated rings. The minimum absolute atomic E-state index is 0.366. The number of aromatic nitrogens is 2. The van der Waals surface area contributed by atoms with Crippen molar-refractivity contribution in [3.63, 3.8) is 0 Å². The number of hydrogen-bond donors (Lipinski definition) is 1. The van der Waals surface area contributed by atoms with Crippen molar-refractivity contribution in [2.24, 2.45) is 0 Å². The third-order valence-corrected chi connectivity index (χ3v) is 4.81. The number of hydrogen-bond acceptors (Lipinski definition) is 4. The van der Waals surface area contributed by atoms with E-state index in [0.29, 0.717) is 28.4 Å². The second-order valence-corrected chi connectivity index (χ2v) is 7.11. The Kier molecular flexibility index (Phi) is 6.07. The Morgan fingerprint density at radius 2 is 1.56 bits per heavy atom. The molecule has 32 heavy (non-hydrogen) atoms. The van der Waals surface area contributed by atoms with E-state index in [1.807, 2.05) is 30.3 Å². The summed E-state index contributed by atoms with van der Waals surface area (Å²) in [5.74, 6) is 0.583. The average molecular weight is 429 g/mol. The number of nitrogens with one attached hydrogen (secondary N) is 1. The summed E-state index contributed by atoms with van der Waals surface area (Å²) in [6, 6.07) is 24.1. The number of amides is 1. The maximum Gasteiger partial charge on any atom is 0.267 e. The molecule has 0 saturated heterocycles. The molecule has 160 valence electrons. The normalized spacial score (nSPS) is 11.6. The first kappa shape index (κ1) is 21.0. The number of para-hydroxylation sites is 1. The smallest absolute Gasteiger partial charge is 0.267 e. The van der Waals surface area contributed by atoms with Gasteiger partial charge in [0.1, 0.15) is 23.4 Å². The maximum atomic E-state index is 13.2. The third-order valence-electron chi connectivity index (χ3n) is 4.81. The molecule has 0 bridgehead atoms. The van der Waals surface area contributed by atoms with E-state index in [1.165, 1.54) is 18.2 Å². The summed E-state index contributed by atoms with van der Waals surface area (Å²) < 4.78 is 20.0. The van der Waals surface area contributed by atoms with E-state index < -0.39 is 17.5 Å². The van der Waals surface area contributed by atoms with E-state index in [4.69, 9.17) is 4.74 Å². The van der Waals surface area contributed by atoms with Crippen LogP contribution < -0.4 is 15.6 Å². The topological polar surface area (TPSA) is 73.2 Å². The molecular weight excluding hydrogens is 409 g/mol. The lowest BCUT2D eigenvalue weighted by molar-refractivity contribution is -0.119. The molecule has 0 spiro atoms. The van der Waals surface area contributed by atoms with Crippen molar-refractivity contribution in [3.05, 3.63) is 107 Å². The molecule has 1 N–H and O–H groups in total. The van der Waals surface area contributed by atoms with E-state index in [0.717, 1.165) is 4.68 Å². The largest absolute Gasteiger partial charge is 0.457 e. The van der Waals surface area contributed by atoms with E-state index in [2.05, 4.69) is 10.4 Å². The fourth-order valence-corrected chi connectivity index (χ4v) is 3.07. The Balaban J connectivity index is 1.47. The van der Waals surface area contributed by atoms with Gasteiger partial charge < -0.3 is 10.1 Å². The van der Waals surface area contributed by atoms with Crippen molar-refractivity contribution < 1.29 is 13.9 Å². The number of rotatable bonds is 6.